The Hall–Kier alpha value is -3.42. The molecular weight excluding hydrogens is 348 g/mol. The molecule has 1 amide bonds. The number of carboxylic acids is 1. The first kappa shape index (κ1) is 18.4. The van der Waals surface area contributed by atoms with Gasteiger partial charge in [-0.1, -0.05) is 12.1 Å². The van der Waals surface area contributed by atoms with Crippen molar-refractivity contribution in [3.8, 4) is 0 Å². The molecule has 2 aromatic heterocycles. The molecule has 0 atom stereocenters. The number of carboxylic acid groups (broad SMARTS) is 1. The molecule has 0 aliphatic carbocycles. The molecule has 0 saturated heterocycles. The van der Waals surface area contributed by atoms with E-state index in [1.165, 1.54) is 4.52 Å². The van der Waals surface area contributed by atoms with Crippen LogP contribution in [0.5, 0.6) is 0 Å². The molecule has 8 nitrogen and oxygen atoms in total. The van der Waals surface area contributed by atoms with Crippen LogP contribution in [0.1, 0.15) is 30.7 Å². The summed E-state index contributed by atoms with van der Waals surface area (Å²) in [6.07, 6.45) is 1.50. The molecule has 140 valence electrons. The van der Waals surface area contributed by atoms with E-state index in [1.54, 1.807) is 57.3 Å². The van der Waals surface area contributed by atoms with E-state index in [0.29, 0.717) is 28.2 Å². The van der Waals surface area contributed by atoms with Gasteiger partial charge in [-0.3, -0.25) is 19.5 Å². The fraction of sp³-hybridized carbons (Fsp3) is 0.263. The van der Waals surface area contributed by atoms with Gasteiger partial charge < -0.3 is 10.4 Å². The number of hydrogen-bond acceptors (Lipinski definition) is 4. The van der Waals surface area contributed by atoms with Gasteiger partial charge >= 0.3 is 5.97 Å². The predicted molar refractivity (Wildman–Crippen MR) is 100.0 cm³/mol. The molecular formula is C19H20N4O4. The number of anilines is 1. The van der Waals surface area contributed by atoms with Gasteiger partial charge in [0.1, 0.15) is 0 Å². The van der Waals surface area contributed by atoms with E-state index in [-0.39, 0.29) is 17.9 Å². The van der Waals surface area contributed by atoms with Crippen LogP contribution in [0.15, 0.2) is 41.3 Å². The highest BCUT2D eigenvalue weighted by Crippen LogP contribution is 2.24. The second kappa shape index (κ2) is 6.71. The molecule has 8 heteroatoms. The summed E-state index contributed by atoms with van der Waals surface area (Å²) in [7, 11) is 0. The summed E-state index contributed by atoms with van der Waals surface area (Å²) >= 11 is 0. The lowest BCUT2D eigenvalue weighted by Crippen LogP contribution is -2.28. The van der Waals surface area contributed by atoms with Crippen molar-refractivity contribution in [3.63, 3.8) is 0 Å². The highest BCUT2D eigenvalue weighted by atomic mass is 16.4. The van der Waals surface area contributed by atoms with E-state index in [9.17, 15) is 19.5 Å². The number of nitrogens with one attached hydrogen (secondary N) is 2. The van der Waals surface area contributed by atoms with Crippen LogP contribution >= 0.6 is 0 Å². The molecule has 0 saturated carbocycles. The van der Waals surface area contributed by atoms with Gasteiger partial charge in [-0.05, 0) is 38.5 Å². The van der Waals surface area contributed by atoms with Crippen molar-refractivity contribution in [1.82, 2.24) is 14.6 Å². The lowest BCUT2D eigenvalue weighted by molar-refractivity contribution is -0.142. The molecule has 3 N–H and O–H groups in total. The summed E-state index contributed by atoms with van der Waals surface area (Å²) in [6.45, 7) is 4.92. The first-order chi connectivity index (χ1) is 12.7. The quantitative estimate of drug-likeness (QED) is 0.636. The number of hydrogen-bond donors (Lipinski definition) is 3. The van der Waals surface area contributed by atoms with Crippen LogP contribution in [0, 0.1) is 6.92 Å². The van der Waals surface area contributed by atoms with Crippen LogP contribution in [0.4, 0.5) is 5.69 Å². The molecule has 0 aliphatic heterocycles. The van der Waals surface area contributed by atoms with Crippen molar-refractivity contribution in [2.24, 2.45) is 0 Å². The van der Waals surface area contributed by atoms with Crippen LogP contribution in [-0.4, -0.2) is 31.6 Å². The van der Waals surface area contributed by atoms with Gasteiger partial charge in [-0.2, -0.15) is 0 Å². The van der Waals surface area contributed by atoms with Crippen LogP contribution in [0.2, 0.25) is 0 Å². The lowest BCUT2D eigenvalue weighted by atomic mass is 9.85. The smallest absolute Gasteiger partial charge is 0.313 e. The van der Waals surface area contributed by atoms with Crippen molar-refractivity contribution in [3.05, 3.63) is 63.7 Å². The van der Waals surface area contributed by atoms with E-state index < -0.39 is 11.4 Å². The molecule has 0 fully saturated rings. The molecule has 0 spiro atoms. The maximum absolute atomic E-state index is 12.5. The van der Waals surface area contributed by atoms with E-state index in [0.717, 1.165) is 0 Å². The Bertz CT molecular complexity index is 1080. The average Bonchev–Trinajstić information content (AvgIpc) is 3.07. The standard InChI is InChI=1S/C19H20N4O4/c1-11-14(17(25)23-15(21-11)8-9-20-23)10-16(24)22-13-6-4-12(5-7-13)19(2,3)18(26)27/h4-9,20H,10H2,1-3H3,(H,22,24)(H,26,27). The molecule has 0 aliphatic rings. The summed E-state index contributed by atoms with van der Waals surface area (Å²) in [6, 6.07) is 8.29. The predicted octanol–water partition coefficient (Wildman–Crippen LogP) is 1.87. The van der Waals surface area contributed by atoms with E-state index in [2.05, 4.69) is 15.4 Å². The van der Waals surface area contributed by atoms with Gasteiger partial charge in [0.2, 0.25) is 5.91 Å². The monoisotopic (exact) mass is 368 g/mol. The molecule has 1 aromatic carbocycles. The minimum absolute atomic E-state index is 0.109. The van der Waals surface area contributed by atoms with Crippen LogP contribution in [-0.2, 0) is 21.4 Å². The molecule has 0 radical (unpaired) electrons. The lowest BCUT2D eigenvalue weighted by Gasteiger charge is -2.19. The molecule has 27 heavy (non-hydrogen) atoms. The van der Waals surface area contributed by atoms with Gasteiger partial charge in [0, 0.05) is 29.2 Å². The number of fused-ring (bicyclic) bond motifs is 1. The van der Waals surface area contributed by atoms with Crippen molar-refractivity contribution in [2.75, 3.05) is 5.32 Å². The Morgan fingerprint density at radius 1 is 1.22 bits per heavy atom. The highest BCUT2D eigenvalue weighted by molar-refractivity contribution is 5.92. The summed E-state index contributed by atoms with van der Waals surface area (Å²) in [5.41, 5.74) is 1.14. The van der Waals surface area contributed by atoms with E-state index in [4.69, 9.17) is 0 Å². The number of benzene rings is 1. The third-order valence-corrected chi connectivity index (χ3v) is 4.61. The maximum Gasteiger partial charge on any atom is 0.313 e. The number of H-pyrrole nitrogens is 1. The van der Waals surface area contributed by atoms with E-state index in [1.807, 2.05) is 0 Å². The zero-order valence-corrected chi connectivity index (χ0v) is 15.2. The average molecular weight is 368 g/mol. The van der Waals surface area contributed by atoms with Crippen LogP contribution < -0.4 is 10.9 Å². The normalized spacial score (nSPS) is 11.5. The minimum atomic E-state index is -1.02. The Labute approximate surface area is 154 Å². The SMILES string of the molecule is Cc1nc2cc[nH]n2c(=O)c1CC(=O)Nc1ccc(C(C)(C)C(=O)O)cc1. The second-order valence-electron chi connectivity index (χ2n) is 6.87. The largest absolute Gasteiger partial charge is 0.481 e. The Kier molecular flexibility index (Phi) is 4.57. The molecule has 3 aromatic rings. The zero-order chi connectivity index (χ0) is 19.8. The van der Waals surface area contributed by atoms with Gasteiger partial charge in [-0.25, -0.2) is 9.50 Å². The molecule has 2 heterocycles. The molecule has 0 bridgehead atoms. The summed E-state index contributed by atoms with van der Waals surface area (Å²) < 4.78 is 1.29. The number of carbonyl (C=O) groups is 2. The molecule has 3 rings (SSSR count). The van der Waals surface area contributed by atoms with E-state index >= 15 is 0 Å². The second-order valence-corrected chi connectivity index (χ2v) is 6.87. The topological polar surface area (TPSA) is 117 Å². The van der Waals surface area contributed by atoms with Gasteiger partial charge in [-0.15, -0.1) is 0 Å². The number of aryl methyl sites for hydroxylation is 1. The Morgan fingerprint density at radius 2 is 1.89 bits per heavy atom. The number of nitrogens with zero attached hydrogens (tertiary/aromatic N) is 2. The third-order valence-electron chi connectivity index (χ3n) is 4.61. The first-order valence-electron chi connectivity index (χ1n) is 8.39. The van der Waals surface area contributed by atoms with Crippen LogP contribution in [0.25, 0.3) is 5.65 Å². The maximum atomic E-state index is 12.5. The van der Waals surface area contributed by atoms with Gasteiger partial charge in [0.15, 0.2) is 5.65 Å². The number of carbonyl (C=O) groups excluding carboxylic acids is 1. The van der Waals surface area contributed by atoms with Crippen molar-refractivity contribution >= 4 is 23.2 Å². The van der Waals surface area contributed by atoms with Crippen molar-refractivity contribution in [1.29, 1.82) is 0 Å². The number of aromatic nitrogens is 3. The van der Waals surface area contributed by atoms with Crippen LogP contribution in [0.3, 0.4) is 0 Å². The number of rotatable bonds is 5. The third kappa shape index (κ3) is 3.46. The summed E-state index contributed by atoms with van der Waals surface area (Å²) in [5.74, 6) is -1.28. The molecule has 0 unspecified atom stereocenters. The van der Waals surface area contributed by atoms with Crippen molar-refractivity contribution in [2.45, 2.75) is 32.6 Å². The first-order valence-corrected chi connectivity index (χ1v) is 8.39. The summed E-state index contributed by atoms with van der Waals surface area (Å²) in [5, 5.41) is 14.8. The Balaban J connectivity index is 1.77. The summed E-state index contributed by atoms with van der Waals surface area (Å²) in [4.78, 5) is 40.5. The fourth-order valence-electron chi connectivity index (χ4n) is 2.77. The van der Waals surface area contributed by atoms with Gasteiger partial charge in [0.05, 0.1) is 11.8 Å². The highest BCUT2D eigenvalue weighted by Gasteiger charge is 2.29. The minimum Gasteiger partial charge on any atom is -0.481 e. The number of aromatic amines is 1. The van der Waals surface area contributed by atoms with Crippen molar-refractivity contribution < 1.29 is 14.7 Å². The number of aliphatic carboxylic acids is 1. The fourth-order valence-corrected chi connectivity index (χ4v) is 2.77. The van der Waals surface area contributed by atoms with Gasteiger partial charge in [0.25, 0.3) is 5.56 Å². The zero-order valence-electron chi connectivity index (χ0n) is 15.2. The Morgan fingerprint density at radius 3 is 2.52 bits per heavy atom. The number of amides is 1.